The number of pyridine rings is 1. The largest absolute Gasteiger partial charge is 0.493 e. The molecule has 4 aromatic rings. The predicted octanol–water partition coefficient (Wildman–Crippen LogP) is 4.48. The number of aryl methyl sites for hydroxylation is 2. The van der Waals surface area contributed by atoms with Crippen LogP contribution in [0.5, 0.6) is 11.5 Å². The van der Waals surface area contributed by atoms with Gasteiger partial charge in [-0.15, -0.1) is 11.3 Å². The Kier molecular flexibility index (Phi) is 6.09. The summed E-state index contributed by atoms with van der Waals surface area (Å²) in [7, 11) is 3.18. The van der Waals surface area contributed by atoms with Crippen LogP contribution in [0.15, 0.2) is 24.5 Å². The zero-order valence-electron chi connectivity index (χ0n) is 18.6. The molecule has 8 nitrogen and oxygen atoms in total. The normalized spacial score (nSPS) is 11.0. The van der Waals surface area contributed by atoms with Gasteiger partial charge in [0.2, 0.25) is 0 Å². The van der Waals surface area contributed by atoms with Crippen LogP contribution in [0, 0.1) is 13.8 Å². The number of nitrogens with one attached hydrogen (secondary N) is 1. The highest BCUT2D eigenvalue weighted by Crippen LogP contribution is 2.42. The summed E-state index contributed by atoms with van der Waals surface area (Å²) < 4.78 is 16.4. The minimum Gasteiger partial charge on any atom is -0.493 e. The molecule has 3 heterocycles. The summed E-state index contributed by atoms with van der Waals surface area (Å²) in [6.07, 6.45) is 1.76. The van der Waals surface area contributed by atoms with E-state index in [9.17, 15) is 4.79 Å². The molecule has 0 saturated carbocycles. The first-order chi connectivity index (χ1) is 15.5. The van der Waals surface area contributed by atoms with Crippen molar-refractivity contribution in [3.8, 4) is 22.6 Å². The van der Waals surface area contributed by atoms with E-state index in [4.69, 9.17) is 19.2 Å². The van der Waals surface area contributed by atoms with Gasteiger partial charge in [-0.1, -0.05) is 6.07 Å². The third-order valence-corrected chi connectivity index (χ3v) is 6.44. The number of H-pyrrole nitrogens is 1. The number of carbonyl (C=O) groups is 1. The van der Waals surface area contributed by atoms with Crippen LogP contribution in [-0.4, -0.2) is 47.0 Å². The highest BCUT2D eigenvalue weighted by molar-refractivity contribution is 7.18. The van der Waals surface area contributed by atoms with Gasteiger partial charge < -0.3 is 14.2 Å². The molecule has 0 radical (unpaired) electrons. The Bertz CT molecular complexity index is 1280. The van der Waals surface area contributed by atoms with Crippen molar-refractivity contribution >= 4 is 27.5 Å². The number of thiophene rings is 1. The summed E-state index contributed by atoms with van der Waals surface area (Å²) in [5, 5.41) is 7.71. The lowest BCUT2D eigenvalue weighted by molar-refractivity contribution is 0.0526. The van der Waals surface area contributed by atoms with Crippen LogP contribution in [0.1, 0.15) is 39.2 Å². The molecule has 3 aromatic heterocycles. The first-order valence-corrected chi connectivity index (χ1v) is 11.0. The molecule has 0 spiro atoms. The molecular weight excluding hydrogens is 428 g/mol. The monoisotopic (exact) mass is 452 g/mol. The lowest BCUT2D eigenvalue weighted by Crippen LogP contribution is -2.13. The van der Waals surface area contributed by atoms with Gasteiger partial charge in [-0.05, 0) is 44.0 Å². The van der Waals surface area contributed by atoms with Crippen LogP contribution in [0.2, 0.25) is 0 Å². The highest BCUT2D eigenvalue weighted by Gasteiger charge is 2.27. The summed E-state index contributed by atoms with van der Waals surface area (Å²) in [4.78, 5) is 24.4. The molecule has 0 aliphatic carbocycles. The first-order valence-electron chi connectivity index (χ1n) is 10.1. The van der Waals surface area contributed by atoms with Gasteiger partial charge in [-0.25, -0.2) is 14.8 Å². The number of rotatable bonds is 7. The van der Waals surface area contributed by atoms with Crippen LogP contribution in [0.25, 0.3) is 21.3 Å². The molecule has 0 fully saturated rings. The minimum atomic E-state index is -0.426. The van der Waals surface area contributed by atoms with Gasteiger partial charge in [0.05, 0.1) is 38.5 Å². The van der Waals surface area contributed by atoms with Crippen molar-refractivity contribution in [3.63, 3.8) is 0 Å². The van der Waals surface area contributed by atoms with Crippen molar-refractivity contribution in [1.82, 2.24) is 20.2 Å². The molecule has 9 heteroatoms. The smallest absolute Gasteiger partial charge is 0.340 e. The molecule has 4 rings (SSSR count). The lowest BCUT2D eigenvalue weighted by Gasteiger charge is -2.17. The quantitative estimate of drug-likeness (QED) is 0.413. The van der Waals surface area contributed by atoms with Crippen LogP contribution >= 0.6 is 11.3 Å². The number of methoxy groups -OCH3 is 2. The predicted molar refractivity (Wildman–Crippen MR) is 123 cm³/mol. The average molecular weight is 453 g/mol. The molecule has 1 N–H and O–H groups in total. The second-order valence-corrected chi connectivity index (χ2v) is 8.37. The molecule has 0 amide bonds. The second-order valence-electron chi connectivity index (χ2n) is 7.17. The van der Waals surface area contributed by atoms with E-state index in [2.05, 4.69) is 22.1 Å². The van der Waals surface area contributed by atoms with E-state index in [-0.39, 0.29) is 6.61 Å². The third-order valence-electron chi connectivity index (χ3n) is 5.34. The van der Waals surface area contributed by atoms with Crippen molar-refractivity contribution in [2.75, 3.05) is 20.8 Å². The van der Waals surface area contributed by atoms with E-state index >= 15 is 0 Å². The number of aromatic amines is 1. The van der Waals surface area contributed by atoms with E-state index in [1.54, 1.807) is 32.5 Å². The van der Waals surface area contributed by atoms with E-state index in [0.717, 1.165) is 31.8 Å². The highest BCUT2D eigenvalue weighted by atomic mass is 32.1. The lowest BCUT2D eigenvalue weighted by atomic mass is 9.92. The molecule has 0 atom stereocenters. The fourth-order valence-electron chi connectivity index (χ4n) is 3.74. The number of aromatic nitrogens is 4. The van der Waals surface area contributed by atoms with E-state index in [1.807, 2.05) is 25.1 Å². The maximum atomic E-state index is 13.3. The van der Waals surface area contributed by atoms with Gasteiger partial charge >= 0.3 is 5.97 Å². The minimum absolute atomic E-state index is 0.256. The van der Waals surface area contributed by atoms with Crippen LogP contribution in [-0.2, 0) is 11.2 Å². The number of esters is 1. The number of benzene rings is 1. The molecule has 0 bridgehead atoms. The zero-order valence-corrected chi connectivity index (χ0v) is 19.4. The number of ether oxygens (including phenoxy) is 3. The molecule has 0 aliphatic heterocycles. The molecule has 0 unspecified atom stereocenters. The van der Waals surface area contributed by atoms with E-state index in [1.165, 1.54) is 6.33 Å². The number of carbonyl (C=O) groups excluding carboxylic acids is 1. The van der Waals surface area contributed by atoms with Crippen LogP contribution in [0.4, 0.5) is 0 Å². The Morgan fingerprint density at radius 2 is 1.94 bits per heavy atom. The first kappa shape index (κ1) is 21.8. The summed E-state index contributed by atoms with van der Waals surface area (Å²) in [6, 6.07) is 5.63. The van der Waals surface area contributed by atoms with Crippen LogP contribution < -0.4 is 9.47 Å². The average Bonchev–Trinajstić information content (AvgIpc) is 3.40. The van der Waals surface area contributed by atoms with Crippen molar-refractivity contribution in [1.29, 1.82) is 0 Å². The molecular formula is C23H24N4O4S. The maximum Gasteiger partial charge on any atom is 0.340 e. The van der Waals surface area contributed by atoms with Gasteiger partial charge in [0.1, 0.15) is 17.0 Å². The van der Waals surface area contributed by atoms with Crippen molar-refractivity contribution in [3.05, 3.63) is 52.0 Å². The van der Waals surface area contributed by atoms with Gasteiger partial charge in [-0.3, -0.25) is 5.10 Å². The van der Waals surface area contributed by atoms with E-state index in [0.29, 0.717) is 35.0 Å². The Hall–Kier alpha value is -3.46. The van der Waals surface area contributed by atoms with Gasteiger partial charge in [0.15, 0.2) is 11.5 Å². The number of hydrogen-bond acceptors (Lipinski definition) is 8. The molecule has 1 aromatic carbocycles. The summed E-state index contributed by atoms with van der Waals surface area (Å²) in [6.45, 7) is 6.15. The standard InChI is InChI=1S/C23H24N4O4S/c1-6-31-23(28)21-15(10-18-24-11-25-27-18)26-22-19(12(2)13(3)32-22)20(21)14-7-8-16(29-4)17(9-14)30-5/h7-9,11H,6,10H2,1-5H3,(H,24,25,27). The molecule has 0 saturated heterocycles. The maximum absolute atomic E-state index is 13.3. The SMILES string of the molecule is CCOC(=O)c1c(Cc2ncn[nH]2)nc2sc(C)c(C)c2c1-c1ccc(OC)c(OC)c1. The second kappa shape index (κ2) is 8.96. The van der Waals surface area contributed by atoms with E-state index < -0.39 is 5.97 Å². The topological polar surface area (TPSA) is 99.2 Å². The van der Waals surface area contributed by atoms with Crippen molar-refractivity contribution < 1.29 is 19.0 Å². The Balaban J connectivity index is 2.08. The summed E-state index contributed by atoms with van der Waals surface area (Å²) in [5.74, 6) is 1.38. The zero-order chi connectivity index (χ0) is 22.8. The Morgan fingerprint density at radius 1 is 1.16 bits per heavy atom. The molecule has 0 aliphatic rings. The third kappa shape index (κ3) is 3.80. The number of hydrogen-bond donors (Lipinski definition) is 1. The summed E-state index contributed by atoms with van der Waals surface area (Å²) in [5.41, 5.74) is 3.67. The fraction of sp³-hybridized carbons (Fsp3) is 0.304. The van der Waals surface area contributed by atoms with Crippen molar-refractivity contribution in [2.24, 2.45) is 0 Å². The molecule has 32 heavy (non-hydrogen) atoms. The number of fused-ring (bicyclic) bond motifs is 1. The van der Waals surface area contributed by atoms with Gasteiger partial charge in [-0.2, -0.15) is 5.10 Å². The van der Waals surface area contributed by atoms with Gasteiger partial charge in [0.25, 0.3) is 0 Å². The van der Waals surface area contributed by atoms with Gasteiger partial charge in [0, 0.05) is 15.8 Å². The summed E-state index contributed by atoms with van der Waals surface area (Å²) >= 11 is 1.60. The fourth-order valence-corrected chi connectivity index (χ4v) is 4.79. The Labute approximate surface area is 189 Å². The Morgan fingerprint density at radius 3 is 2.59 bits per heavy atom. The molecule has 166 valence electrons. The van der Waals surface area contributed by atoms with Crippen molar-refractivity contribution in [2.45, 2.75) is 27.2 Å². The number of nitrogens with zero attached hydrogens (tertiary/aromatic N) is 3. The van der Waals surface area contributed by atoms with Crippen LogP contribution in [0.3, 0.4) is 0 Å².